The van der Waals surface area contributed by atoms with Crippen molar-refractivity contribution in [3.8, 4) is 107 Å². The van der Waals surface area contributed by atoms with Crippen LogP contribution in [0.1, 0.15) is 5.56 Å². The van der Waals surface area contributed by atoms with Gasteiger partial charge in [0.15, 0.2) is 17.5 Å². The van der Waals surface area contributed by atoms with E-state index in [1.54, 1.807) is 0 Å². The van der Waals surface area contributed by atoms with Crippen LogP contribution >= 0.6 is 0 Å². The molecule has 0 unspecified atom stereocenters. The van der Waals surface area contributed by atoms with Gasteiger partial charge in [0.1, 0.15) is 0 Å². The maximum Gasteiger partial charge on any atom is 0.164 e. The molecule has 0 bridgehead atoms. The molecule has 0 amide bonds. The molecule has 0 spiro atoms. The number of hydrogen-bond donors (Lipinski definition) is 0. The van der Waals surface area contributed by atoms with Gasteiger partial charge in [0, 0.05) is 16.7 Å². The second-order valence-corrected chi connectivity index (χ2v) is 16.2. The van der Waals surface area contributed by atoms with Crippen LogP contribution in [0.15, 0.2) is 218 Å². The first-order valence-corrected chi connectivity index (χ1v) is 21.5. The Hall–Kier alpha value is -8.78. The van der Waals surface area contributed by atoms with Gasteiger partial charge in [-0.25, -0.2) is 15.0 Å². The summed E-state index contributed by atoms with van der Waals surface area (Å²) in [4.78, 5) is 15.6. The van der Waals surface area contributed by atoms with Crippen LogP contribution in [0.3, 0.4) is 0 Å². The quantitative estimate of drug-likeness (QED) is 0.161. The number of aromatic nitrogens is 3. The highest BCUT2D eigenvalue weighted by Crippen LogP contribution is 2.52. The summed E-state index contributed by atoms with van der Waals surface area (Å²) in [6.45, 7) is 0. The molecule has 0 N–H and O–H groups in total. The number of hydrogen-bond acceptors (Lipinski definition) is 4. The zero-order chi connectivity index (χ0) is 42.6. The predicted molar refractivity (Wildman–Crippen MR) is 262 cm³/mol. The Balaban J connectivity index is 1.04. The minimum absolute atomic E-state index is 0.608. The molecule has 0 aliphatic heterocycles. The van der Waals surface area contributed by atoms with Crippen molar-refractivity contribution in [2.75, 3.05) is 0 Å². The van der Waals surface area contributed by atoms with Crippen LogP contribution in [0.2, 0.25) is 0 Å². The average molecular weight is 813 g/mol. The fourth-order valence-electron chi connectivity index (χ4n) is 9.45. The van der Waals surface area contributed by atoms with Gasteiger partial charge in [0.25, 0.3) is 0 Å². The Kier molecular flexibility index (Phi) is 8.84. The first kappa shape index (κ1) is 37.0. The van der Waals surface area contributed by atoms with E-state index < -0.39 is 0 Å². The van der Waals surface area contributed by atoms with E-state index >= 15 is 0 Å². The molecule has 1 heterocycles. The van der Waals surface area contributed by atoms with E-state index in [1.165, 1.54) is 33.0 Å². The van der Waals surface area contributed by atoms with Gasteiger partial charge in [-0.3, -0.25) is 0 Å². The van der Waals surface area contributed by atoms with Crippen LogP contribution in [0, 0.1) is 11.3 Å². The molecule has 4 heteroatoms. The highest BCUT2D eigenvalue weighted by molar-refractivity contribution is 6.24. The minimum atomic E-state index is 0.608. The smallest absolute Gasteiger partial charge is 0.164 e. The summed E-state index contributed by atoms with van der Waals surface area (Å²) in [6, 6.07) is 78.8. The Morgan fingerprint density at radius 2 is 0.609 bits per heavy atom. The topological polar surface area (TPSA) is 62.5 Å². The van der Waals surface area contributed by atoms with E-state index in [0.29, 0.717) is 23.0 Å². The number of fused-ring (bicyclic) bond motifs is 4. The van der Waals surface area contributed by atoms with Crippen LogP contribution < -0.4 is 0 Å². The molecule has 64 heavy (non-hydrogen) atoms. The Labute approximate surface area is 371 Å². The van der Waals surface area contributed by atoms with Crippen molar-refractivity contribution < 1.29 is 0 Å². The van der Waals surface area contributed by atoms with Gasteiger partial charge in [0.2, 0.25) is 0 Å². The fraction of sp³-hybridized carbons (Fsp3) is 0. The van der Waals surface area contributed by atoms with Gasteiger partial charge in [-0.2, -0.15) is 5.26 Å². The zero-order valence-electron chi connectivity index (χ0n) is 34.6. The normalized spacial score (nSPS) is 11.4. The monoisotopic (exact) mass is 812 g/mol. The third-order valence-corrected chi connectivity index (χ3v) is 12.6. The molecule has 12 rings (SSSR count). The lowest BCUT2D eigenvalue weighted by Gasteiger charge is -2.17. The molecule has 11 aromatic rings. The Morgan fingerprint density at radius 3 is 1.14 bits per heavy atom. The fourth-order valence-corrected chi connectivity index (χ4v) is 9.45. The third-order valence-electron chi connectivity index (χ3n) is 12.6. The maximum atomic E-state index is 9.63. The Bertz CT molecular complexity index is 3500. The van der Waals surface area contributed by atoms with Gasteiger partial charge >= 0.3 is 0 Å². The van der Waals surface area contributed by atoms with Crippen LogP contribution in [-0.4, -0.2) is 15.0 Å². The highest BCUT2D eigenvalue weighted by Gasteiger charge is 2.26. The molecule has 1 aromatic heterocycles. The van der Waals surface area contributed by atoms with Crippen LogP contribution in [0.25, 0.3) is 122 Å². The molecule has 296 valence electrons. The molecule has 0 radical (unpaired) electrons. The van der Waals surface area contributed by atoms with Crippen molar-refractivity contribution in [1.29, 1.82) is 5.26 Å². The molecule has 10 aromatic carbocycles. The minimum Gasteiger partial charge on any atom is -0.208 e. The standard InChI is InChI=1S/C60H36N4/c61-37-38-19-21-43(22-20-38)46-31-33-52-48-16-8-9-17-49(48)53-34-35-54(56(46)57(52)53)51-32-36-55(50-18-10-7-15-47(50)51)60-63-58(44-27-23-41(24-28-44)39-11-3-1-4-12-39)62-59(64-60)45-29-25-42(26-30-45)40-13-5-2-6-14-40/h1-36H. The van der Waals surface area contributed by atoms with Gasteiger partial charge < -0.3 is 0 Å². The van der Waals surface area contributed by atoms with E-state index in [-0.39, 0.29) is 0 Å². The largest absolute Gasteiger partial charge is 0.208 e. The lowest BCUT2D eigenvalue weighted by Crippen LogP contribution is -2.01. The molecule has 0 atom stereocenters. The van der Waals surface area contributed by atoms with Gasteiger partial charge in [-0.15, -0.1) is 0 Å². The number of rotatable bonds is 7. The summed E-state index contributed by atoms with van der Waals surface area (Å²) in [5.74, 6) is 1.83. The van der Waals surface area contributed by atoms with E-state index in [9.17, 15) is 5.26 Å². The second-order valence-electron chi connectivity index (χ2n) is 16.2. The number of nitrogens with zero attached hydrogens (tertiary/aromatic N) is 4. The molecule has 0 saturated heterocycles. The van der Waals surface area contributed by atoms with Crippen LogP contribution in [0.4, 0.5) is 0 Å². The molecule has 1 aliphatic rings. The van der Waals surface area contributed by atoms with Crippen molar-refractivity contribution in [2.24, 2.45) is 0 Å². The van der Waals surface area contributed by atoms with Gasteiger partial charge in [0.05, 0.1) is 11.6 Å². The summed E-state index contributed by atoms with van der Waals surface area (Å²) in [7, 11) is 0. The third kappa shape index (κ3) is 6.26. The van der Waals surface area contributed by atoms with Crippen molar-refractivity contribution in [3.05, 3.63) is 224 Å². The van der Waals surface area contributed by atoms with Gasteiger partial charge in [-0.1, -0.05) is 200 Å². The molecule has 1 aliphatic carbocycles. The molecule has 0 saturated carbocycles. The number of benzene rings is 10. The van der Waals surface area contributed by atoms with Crippen LogP contribution in [-0.2, 0) is 0 Å². The second kappa shape index (κ2) is 15.3. The van der Waals surface area contributed by atoms with Crippen molar-refractivity contribution >= 4 is 21.5 Å². The molecule has 0 fully saturated rings. The molecular formula is C60H36N4. The van der Waals surface area contributed by atoms with Crippen molar-refractivity contribution in [1.82, 2.24) is 15.0 Å². The summed E-state index contributed by atoms with van der Waals surface area (Å²) in [5, 5.41) is 14.2. The lowest BCUT2D eigenvalue weighted by molar-refractivity contribution is 1.08. The maximum absolute atomic E-state index is 9.63. The van der Waals surface area contributed by atoms with E-state index in [2.05, 4.69) is 200 Å². The SMILES string of the molecule is N#Cc1ccc(-c2ccc3c4c(ccc(-c5ccc(-c6nc(-c7ccc(-c8ccccc8)cc7)nc(-c7ccc(-c8ccccc8)cc7)n6)c6ccccc56)c24)-c2ccccc2-3)cc1. The summed E-state index contributed by atoms with van der Waals surface area (Å²) >= 11 is 0. The highest BCUT2D eigenvalue weighted by atomic mass is 15.0. The zero-order valence-corrected chi connectivity index (χ0v) is 34.6. The molecule has 4 nitrogen and oxygen atoms in total. The van der Waals surface area contributed by atoms with Crippen molar-refractivity contribution in [3.63, 3.8) is 0 Å². The van der Waals surface area contributed by atoms with E-state index in [0.717, 1.165) is 72.0 Å². The predicted octanol–water partition coefficient (Wildman–Crippen LogP) is 15.4. The molecular weight excluding hydrogens is 777 g/mol. The Morgan fingerprint density at radius 1 is 0.250 bits per heavy atom. The summed E-state index contributed by atoms with van der Waals surface area (Å²) < 4.78 is 0. The first-order valence-electron chi connectivity index (χ1n) is 21.5. The summed E-state index contributed by atoms with van der Waals surface area (Å²) in [6.07, 6.45) is 0. The van der Waals surface area contributed by atoms with Gasteiger partial charge in [-0.05, 0) is 107 Å². The first-order chi connectivity index (χ1) is 31.7. The van der Waals surface area contributed by atoms with E-state index in [4.69, 9.17) is 15.0 Å². The summed E-state index contributed by atoms with van der Waals surface area (Å²) in [5.41, 5.74) is 17.4. The van der Waals surface area contributed by atoms with E-state index in [1.807, 2.05) is 24.3 Å². The van der Waals surface area contributed by atoms with Crippen molar-refractivity contribution in [2.45, 2.75) is 0 Å². The number of nitriles is 1. The lowest BCUT2D eigenvalue weighted by atomic mass is 9.86. The van der Waals surface area contributed by atoms with Crippen LogP contribution in [0.5, 0.6) is 0 Å². The average Bonchev–Trinajstić information content (AvgIpc) is 3.71.